The van der Waals surface area contributed by atoms with Gasteiger partial charge in [0.25, 0.3) is 0 Å². The van der Waals surface area contributed by atoms with Gasteiger partial charge in [-0.25, -0.2) is 0 Å². The molecular weight excluding hydrogens is 304 g/mol. The number of carbonyl (C=O) groups excluding carboxylic acids is 1. The Balaban J connectivity index is 1.63. The number of hydrogen-bond acceptors (Lipinski definition) is 3. The Morgan fingerprint density at radius 1 is 1.04 bits per heavy atom. The molecule has 4 heteroatoms. The van der Waals surface area contributed by atoms with E-state index in [0.717, 1.165) is 23.4 Å². The second-order valence-corrected chi connectivity index (χ2v) is 6.77. The molecule has 2 aromatic rings. The predicted octanol–water partition coefficient (Wildman–Crippen LogP) is 3.94. The molecule has 0 bridgehead atoms. The van der Waals surface area contributed by atoms with Crippen molar-refractivity contribution in [2.45, 2.75) is 24.3 Å². The van der Waals surface area contributed by atoms with Crippen LogP contribution in [-0.4, -0.2) is 25.8 Å². The van der Waals surface area contributed by atoms with E-state index in [1.54, 1.807) is 11.8 Å². The highest BCUT2D eigenvalue weighted by Crippen LogP contribution is 2.18. The van der Waals surface area contributed by atoms with E-state index in [-0.39, 0.29) is 5.91 Å². The fourth-order valence-electron chi connectivity index (χ4n) is 2.14. The van der Waals surface area contributed by atoms with Gasteiger partial charge in [0.05, 0.1) is 0 Å². The second kappa shape index (κ2) is 9.26. The Morgan fingerprint density at radius 2 is 1.74 bits per heavy atom. The van der Waals surface area contributed by atoms with E-state index in [9.17, 15) is 4.79 Å². The van der Waals surface area contributed by atoms with E-state index in [1.165, 1.54) is 4.90 Å². The molecule has 3 nitrogen and oxygen atoms in total. The number of anilines is 1. The van der Waals surface area contributed by atoms with Gasteiger partial charge >= 0.3 is 0 Å². The summed E-state index contributed by atoms with van der Waals surface area (Å²) in [4.78, 5) is 15.2. The Morgan fingerprint density at radius 3 is 2.39 bits per heavy atom. The summed E-state index contributed by atoms with van der Waals surface area (Å²) in [5.41, 5.74) is 2.29. The molecule has 0 spiro atoms. The number of nitrogens with one attached hydrogen (secondary N) is 1. The highest BCUT2D eigenvalue weighted by atomic mass is 32.2. The molecule has 1 N–H and O–H groups in total. The van der Waals surface area contributed by atoms with Crippen molar-refractivity contribution in [1.82, 2.24) is 5.32 Å². The molecule has 0 fully saturated rings. The fourth-order valence-corrected chi connectivity index (χ4v) is 3.01. The van der Waals surface area contributed by atoms with Crippen molar-refractivity contribution in [3.63, 3.8) is 0 Å². The molecule has 0 aliphatic rings. The van der Waals surface area contributed by atoms with Gasteiger partial charge in [0.2, 0.25) is 5.91 Å². The van der Waals surface area contributed by atoms with Gasteiger partial charge in [-0.2, -0.15) is 0 Å². The zero-order valence-electron chi connectivity index (χ0n) is 13.8. The molecular formula is C19H24N2OS. The lowest BCUT2D eigenvalue weighted by Gasteiger charge is -2.13. The molecule has 0 aromatic heterocycles. The van der Waals surface area contributed by atoms with Gasteiger partial charge in [0.15, 0.2) is 0 Å². The number of hydrogen-bond donors (Lipinski definition) is 1. The average Bonchev–Trinajstić information content (AvgIpc) is 2.58. The van der Waals surface area contributed by atoms with Crippen LogP contribution in [0.2, 0.25) is 0 Å². The Hall–Kier alpha value is -1.94. The van der Waals surface area contributed by atoms with Crippen LogP contribution in [0, 0.1) is 0 Å². The third-order valence-electron chi connectivity index (χ3n) is 3.50. The largest absolute Gasteiger partial charge is 0.378 e. The predicted molar refractivity (Wildman–Crippen MR) is 99.0 cm³/mol. The Labute approximate surface area is 143 Å². The molecule has 2 aromatic carbocycles. The van der Waals surface area contributed by atoms with Gasteiger partial charge in [-0.1, -0.05) is 30.3 Å². The number of carbonyl (C=O) groups is 1. The lowest BCUT2D eigenvalue weighted by Crippen LogP contribution is -2.22. The van der Waals surface area contributed by atoms with Gasteiger partial charge in [-0.3, -0.25) is 4.79 Å². The van der Waals surface area contributed by atoms with Gasteiger partial charge in [-0.15, -0.1) is 11.8 Å². The molecule has 2 rings (SSSR count). The SMILES string of the molecule is CN(C)c1ccc(CNC(=O)CCCSc2ccccc2)cc1. The van der Waals surface area contributed by atoms with Gasteiger partial charge < -0.3 is 10.2 Å². The van der Waals surface area contributed by atoms with Crippen molar-refractivity contribution in [2.24, 2.45) is 0 Å². The highest BCUT2D eigenvalue weighted by molar-refractivity contribution is 7.99. The van der Waals surface area contributed by atoms with E-state index in [2.05, 4.69) is 46.6 Å². The zero-order chi connectivity index (χ0) is 16.5. The highest BCUT2D eigenvalue weighted by Gasteiger charge is 2.02. The van der Waals surface area contributed by atoms with Gasteiger partial charge in [-0.05, 0) is 42.0 Å². The minimum Gasteiger partial charge on any atom is -0.378 e. The lowest BCUT2D eigenvalue weighted by atomic mass is 10.2. The van der Waals surface area contributed by atoms with Crippen LogP contribution < -0.4 is 10.2 Å². The monoisotopic (exact) mass is 328 g/mol. The van der Waals surface area contributed by atoms with Crippen molar-refractivity contribution in [1.29, 1.82) is 0 Å². The molecule has 0 aliphatic carbocycles. The molecule has 0 atom stereocenters. The second-order valence-electron chi connectivity index (χ2n) is 5.60. The van der Waals surface area contributed by atoms with E-state index >= 15 is 0 Å². The Kier molecular flexibility index (Phi) is 7.01. The summed E-state index contributed by atoms with van der Waals surface area (Å²) in [6.45, 7) is 0.596. The van der Waals surface area contributed by atoms with Gasteiger partial charge in [0, 0.05) is 37.6 Å². The maximum absolute atomic E-state index is 11.9. The third-order valence-corrected chi connectivity index (χ3v) is 4.60. The molecule has 23 heavy (non-hydrogen) atoms. The summed E-state index contributed by atoms with van der Waals surface area (Å²) in [6, 6.07) is 18.5. The first-order chi connectivity index (χ1) is 11.1. The summed E-state index contributed by atoms with van der Waals surface area (Å²) in [5.74, 6) is 1.09. The molecule has 0 radical (unpaired) electrons. The molecule has 0 saturated heterocycles. The number of thioether (sulfide) groups is 1. The van der Waals surface area contributed by atoms with Gasteiger partial charge in [0.1, 0.15) is 0 Å². The minimum atomic E-state index is 0.121. The van der Waals surface area contributed by atoms with Crippen LogP contribution in [0.4, 0.5) is 5.69 Å². The zero-order valence-corrected chi connectivity index (χ0v) is 14.6. The van der Waals surface area contributed by atoms with Crippen LogP contribution in [0.5, 0.6) is 0 Å². The van der Waals surface area contributed by atoms with E-state index in [0.29, 0.717) is 13.0 Å². The lowest BCUT2D eigenvalue weighted by molar-refractivity contribution is -0.121. The van der Waals surface area contributed by atoms with Crippen molar-refractivity contribution >= 4 is 23.4 Å². The van der Waals surface area contributed by atoms with E-state index in [4.69, 9.17) is 0 Å². The quantitative estimate of drug-likeness (QED) is 0.588. The molecule has 1 amide bonds. The van der Waals surface area contributed by atoms with Crippen molar-refractivity contribution in [3.8, 4) is 0 Å². The average molecular weight is 328 g/mol. The molecule has 0 aliphatic heterocycles. The van der Waals surface area contributed by atoms with E-state index in [1.807, 2.05) is 32.3 Å². The van der Waals surface area contributed by atoms with Crippen molar-refractivity contribution in [3.05, 3.63) is 60.2 Å². The van der Waals surface area contributed by atoms with Crippen LogP contribution in [0.25, 0.3) is 0 Å². The number of amides is 1. The van der Waals surface area contributed by atoms with E-state index < -0.39 is 0 Å². The first-order valence-corrected chi connectivity index (χ1v) is 8.84. The summed E-state index contributed by atoms with van der Waals surface area (Å²) in [6.07, 6.45) is 1.47. The number of nitrogens with zero attached hydrogens (tertiary/aromatic N) is 1. The molecule has 122 valence electrons. The van der Waals surface area contributed by atoms with Crippen molar-refractivity contribution < 1.29 is 4.79 Å². The third kappa shape index (κ3) is 6.37. The van der Waals surface area contributed by atoms with Crippen molar-refractivity contribution in [2.75, 3.05) is 24.7 Å². The maximum Gasteiger partial charge on any atom is 0.220 e. The minimum absolute atomic E-state index is 0.121. The van der Waals surface area contributed by atoms with Crippen LogP contribution in [0.1, 0.15) is 18.4 Å². The molecule has 0 saturated carbocycles. The van der Waals surface area contributed by atoms with Crippen LogP contribution >= 0.6 is 11.8 Å². The molecule has 0 heterocycles. The fraction of sp³-hybridized carbons (Fsp3) is 0.316. The first kappa shape index (κ1) is 17.4. The normalized spacial score (nSPS) is 10.3. The maximum atomic E-state index is 11.9. The summed E-state index contributed by atoms with van der Waals surface area (Å²) < 4.78 is 0. The van der Waals surface area contributed by atoms with Crippen LogP contribution in [-0.2, 0) is 11.3 Å². The standard InChI is InChI=1S/C19H24N2OS/c1-21(2)17-12-10-16(11-13-17)15-20-19(22)9-6-14-23-18-7-4-3-5-8-18/h3-5,7-8,10-13H,6,9,14-15H2,1-2H3,(H,20,22). The topological polar surface area (TPSA) is 32.3 Å². The van der Waals surface area contributed by atoms with Crippen LogP contribution in [0.15, 0.2) is 59.5 Å². The smallest absolute Gasteiger partial charge is 0.220 e. The van der Waals surface area contributed by atoms with Crippen LogP contribution in [0.3, 0.4) is 0 Å². The summed E-state index contributed by atoms with van der Waals surface area (Å²) >= 11 is 1.80. The molecule has 0 unspecified atom stereocenters. The Bertz CT molecular complexity index is 597. The summed E-state index contributed by atoms with van der Waals surface area (Å²) in [7, 11) is 4.04. The number of benzene rings is 2. The number of rotatable bonds is 8. The summed E-state index contributed by atoms with van der Waals surface area (Å²) in [5, 5.41) is 2.98. The first-order valence-electron chi connectivity index (χ1n) is 7.86.